The first-order valence-electron chi connectivity index (χ1n) is 10.3. The summed E-state index contributed by atoms with van der Waals surface area (Å²) in [6, 6.07) is 0.362. The highest BCUT2D eigenvalue weighted by molar-refractivity contribution is 5.90. The number of anilines is 1. The molecule has 1 amide bonds. The number of hydrogen-bond acceptors (Lipinski definition) is 7. The van der Waals surface area contributed by atoms with Crippen molar-refractivity contribution < 1.29 is 4.79 Å². The van der Waals surface area contributed by atoms with Gasteiger partial charge in [-0.3, -0.25) is 4.79 Å². The van der Waals surface area contributed by atoms with E-state index in [2.05, 4.69) is 30.2 Å². The Kier molecular flexibility index (Phi) is 5.45. The minimum absolute atomic E-state index is 0.169. The zero-order valence-corrected chi connectivity index (χ0v) is 17.6. The molecule has 8 heteroatoms. The van der Waals surface area contributed by atoms with Crippen LogP contribution in [0.15, 0.2) is 12.4 Å². The lowest BCUT2D eigenvalue weighted by molar-refractivity contribution is 0.0815. The number of carbonyl (C=O) groups excluding carboxylic acids is 1. The van der Waals surface area contributed by atoms with Gasteiger partial charge in [-0.15, -0.1) is 0 Å². The number of amides is 1. The van der Waals surface area contributed by atoms with Crippen molar-refractivity contribution in [2.45, 2.75) is 51.6 Å². The van der Waals surface area contributed by atoms with Crippen LogP contribution in [-0.4, -0.2) is 64.0 Å². The van der Waals surface area contributed by atoms with Crippen molar-refractivity contribution in [1.82, 2.24) is 30.2 Å². The Morgan fingerprint density at radius 2 is 1.90 bits per heavy atom. The van der Waals surface area contributed by atoms with Crippen LogP contribution in [-0.2, 0) is 6.54 Å². The predicted octanol–water partition coefficient (Wildman–Crippen LogP) is 1.83. The van der Waals surface area contributed by atoms with Crippen LogP contribution in [0.25, 0.3) is 0 Å². The highest BCUT2D eigenvalue weighted by Crippen LogP contribution is 2.37. The average Bonchev–Trinajstić information content (AvgIpc) is 3.46. The van der Waals surface area contributed by atoms with Gasteiger partial charge in [-0.05, 0) is 33.1 Å². The second-order valence-corrected chi connectivity index (χ2v) is 8.32. The lowest BCUT2D eigenvalue weighted by Crippen LogP contribution is -2.33. The molecule has 0 unspecified atom stereocenters. The van der Waals surface area contributed by atoms with Crippen molar-refractivity contribution in [2.75, 3.05) is 32.1 Å². The maximum atomic E-state index is 12.3. The van der Waals surface area contributed by atoms with Gasteiger partial charge in [0.15, 0.2) is 0 Å². The van der Waals surface area contributed by atoms with Crippen LogP contribution in [0, 0.1) is 13.8 Å². The van der Waals surface area contributed by atoms with E-state index in [1.165, 1.54) is 17.7 Å². The third-order valence-electron chi connectivity index (χ3n) is 5.71. The lowest BCUT2D eigenvalue weighted by atomic mass is 10.2. The van der Waals surface area contributed by atoms with Gasteiger partial charge >= 0.3 is 0 Å². The van der Waals surface area contributed by atoms with Crippen LogP contribution >= 0.6 is 0 Å². The molecule has 2 fully saturated rings. The van der Waals surface area contributed by atoms with Crippen LogP contribution in [0.4, 0.5) is 5.82 Å². The number of hydrogen-bond donors (Lipinski definition) is 1. The molecular weight excluding hydrogens is 366 g/mol. The molecule has 4 rings (SSSR count). The third-order valence-corrected chi connectivity index (χ3v) is 5.71. The van der Waals surface area contributed by atoms with Crippen LogP contribution in [0.2, 0.25) is 0 Å². The number of aryl methyl sites for hydroxylation is 1. The first-order chi connectivity index (χ1) is 13.9. The van der Waals surface area contributed by atoms with Crippen molar-refractivity contribution in [3.8, 4) is 0 Å². The van der Waals surface area contributed by atoms with E-state index >= 15 is 0 Å². The van der Waals surface area contributed by atoms with Gasteiger partial charge in [0.2, 0.25) is 5.82 Å². The molecule has 1 aliphatic carbocycles. The first kappa shape index (κ1) is 19.7. The summed E-state index contributed by atoms with van der Waals surface area (Å²) in [5, 5.41) is 3.61. The van der Waals surface area contributed by atoms with E-state index < -0.39 is 0 Å². The van der Waals surface area contributed by atoms with Gasteiger partial charge in [0.1, 0.15) is 11.6 Å². The summed E-state index contributed by atoms with van der Waals surface area (Å²) >= 11 is 0. The van der Waals surface area contributed by atoms with Crippen molar-refractivity contribution >= 4 is 11.7 Å². The van der Waals surface area contributed by atoms with Gasteiger partial charge in [-0.2, -0.15) is 0 Å². The van der Waals surface area contributed by atoms with Crippen molar-refractivity contribution in [3.63, 3.8) is 0 Å². The molecule has 8 nitrogen and oxygen atoms in total. The summed E-state index contributed by atoms with van der Waals surface area (Å²) in [6.45, 7) is 6.48. The van der Waals surface area contributed by atoms with E-state index in [1.54, 1.807) is 14.1 Å². The van der Waals surface area contributed by atoms with Crippen LogP contribution in [0.5, 0.6) is 0 Å². The van der Waals surface area contributed by atoms with E-state index in [4.69, 9.17) is 0 Å². The summed E-state index contributed by atoms with van der Waals surface area (Å²) in [6.07, 6.45) is 7.36. The molecule has 2 aromatic heterocycles. The standard InChI is InChI=1S/C21H29N7O/c1-13-14(2)25-19(21(29)27(3)4)26-20(13)28-8-7-17(12-28)22-9-15-10-23-18(24-11-15)16-5-6-16/h10-11,16-17,22H,5-9,12H2,1-4H3/t17-/m1/s1. The Morgan fingerprint density at radius 3 is 2.55 bits per heavy atom. The molecule has 0 aromatic carbocycles. The Hall–Kier alpha value is -2.61. The van der Waals surface area contributed by atoms with Gasteiger partial charge in [0.25, 0.3) is 5.91 Å². The third kappa shape index (κ3) is 4.37. The van der Waals surface area contributed by atoms with Crippen LogP contribution in [0.1, 0.15) is 58.4 Å². The van der Waals surface area contributed by atoms with Gasteiger partial charge in [0, 0.05) is 74.9 Å². The molecule has 2 aromatic rings. The van der Waals surface area contributed by atoms with Gasteiger partial charge in [-0.1, -0.05) is 0 Å². The minimum Gasteiger partial charge on any atom is -0.355 e. The Morgan fingerprint density at radius 1 is 1.17 bits per heavy atom. The highest BCUT2D eigenvalue weighted by atomic mass is 16.2. The van der Waals surface area contributed by atoms with Crippen molar-refractivity contribution in [3.05, 3.63) is 40.9 Å². The zero-order valence-electron chi connectivity index (χ0n) is 17.6. The monoisotopic (exact) mass is 395 g/mol. The van der Waals surface area contributed by atoms with Crippen molar-refractivity contribution in [1.29, 1.82) is 0 Å². The molecule has 0 radical (unpaired) electrons. The molecule has 1 atom stereocenters. The van der Waals surface area contributed by atoms with Crippen molar-refractivity contribution in [2.24, 2.45) is 0 Å². The maximum absolute atomic E-state index is 12.3. The van der Waals surface area contributed by atoms with Gasteiger partial charge in [0.05, 0.1) is 0 Å². The number of nitrogens with zero attached hydrogens (tertiary/aromatic N) is 6. The fourth-order valence-corrected chi connectivity index (χ4v) is 3.61. The quantitative estimate of drug-likeness (QED) is 0.798. The predicted molar refractivity (Wildman–Crippen MR) is 111 cm³/mol. The fraction of sp³-hybridized carbons (Fsp3) is 0.571. The fourth-order valence-electron chi connectivity index (χ4n) is 3.61. The Labute approximate surface area is 171 Å². The summed E-state index contributed by atoms with van der Waals surface area (Å²) < 4.78 is 0. The van der Waals surface area contributed by atoms with E-state index in [1.807, 2.05) is 26.2 Å². The SMILES string of the molecule is Cc1nc(C(=O)N(C)C)nc(N2CC[C@@H](NCc3cnc(C4CC4)nc3)C2)c1C. The topological polar surface area (TPSA) is 87.1 Å². The number of aromatic nitrogens is 4. The maximum Gasteiger partial charge on any atom is 0.291 e. The normalized spacial score (nSPS) is 18.9. The smallest absolute Gasteiger partial charge is 0.291 e. The second kappa shape index (κ2) is 8.02. The van der Waals surface area contributed by atoms with Gasteiger partial charge < -0.3 is 15.1 Å². The molecule has 1 saturated heterocycles. The number of nitrogens with one attached hydrogen (secondary N) is 1. The van der Waals surface area contributed by atoms with E-state index in [9.17, 15) is 4.79 Å². The molecule has 1 aliphatic heterocycles. The van der Waals surface area contributed by atoms with E-state index in [0.717, 1.165) is 54.5 Å². The zero-order chi connectivity index (χ0) is 20.5. The summed E-state index contributed by atoms with van der Waals surface area (Å²) in [4.78, 5) is 34.1. The molecule has 3 heterocycles. The summed E-state index contributed by atoms with van der Waals surface area (Å²) in [5.41, 5.74) is 3.00. The molecule has 1 saturated carbocycles. The summed E-state index contributed by atoms with van der Waals surface area (Å²) in [5.74, 6) is 2.53. The Balaban J connectivity index is 1.39. The lowest BCUT2D eigenvalue weighted by Gasteiger charge is -2.22. The molecule has 0 bridgehead atoms. The molecule has 154 valence electrons. The Bertz CT molecular complexity index is 893. The number of carbonyl (C=O) groups is 1. The van der Waals surface area contributed by atoms with E-state index in [-0.39, 0.29) is 11.7 Å². The largest absolute Gasteiger partial charge is 0.355 e. The molecular formula is C21H29N7O. The first-order valence-corrected chi connectivity index (χ1v) is 10.3. The van der Waals surface area contributed by atoms with Gasteiger partial charge in [-0.25, -0.2) is 19.9 Å². The molecule has 29 heavy (non-hydrogen) atoms. The van der Waals surface area contributed by atoms with E-state index in [0.29, 0.717) is 12.0 Å². The molecule has 1 N–H and O–H groups in total. The van der Waals surface area contributed by atoms with Crippen LogP contribution < -0.4 is 10.2 Å². The number of rotatable bonds is 6. The van der Waals surface area contributed by atoms with Crippen LogP contribution in [0.3, 0.4) is 0 Å². The molecule has 0 spiro atoms. The second-order valence-electron chi connectivity index (χ2n) is 8.32. The highest BCUT2D eigenvalue weighted by Gasteiger charge is 2.27. The minimum atomic E-state index is -0.169. The average molecular weight is 396 g/mol. The summed E-state index contributed by atoms with van der Waals surface area (Å²) in [7, 11) is 3.44. The molecule has 2 aliphatic rings.